The van der Waals surface area contributed by atoms with Crippen LogP contribution in [0.3, 0.4) is 0 Å². The highest BCUT2D eigenvalue weighted by Gasteiger charge is 2.22. The molecule has 3 N–H and O–H groups in total. The second kappa shape index (κ2) is 10.7. The Hall–Kier alpha value is -4.80. The van der Waals surface area contributed by atoms with E-state index in [0.717, 1.165) is 18.2 Å². The summed E-state index contributed by atoms with van der Waals surface area (Å²) in [6.07, 6.45) is 1.47. The highest BCUT2D eigenvalue weighted by Crippen LogP contribution is 2.28. The first-order valence-electron chi connectivity index (χ1n) is 11.6. The number of halogens is 2. The average molecular weight is 521 g/mol. The van der Waals surface area contributed by atoms with Gasteiger partial charge in [0.25, 0.3) is 5.91 Å². The number of pyridine rings is 1. The molecule has 2 heterocycles. The number of hydrogen-bond acceptors (Lipinski definition) is 5. The van der Waals surface area contributed by atoms with E-state index in [0.29, 0.717) is 22.9 Å². The number of aromatic nitrogens is 3. The van der Waals surface area contributed by atoms with E-state index in [1.165, 1.54) is 24.0 Å². The molecule has 0 saturated heterocycles. The van der Waals surface area contributed by atoms with Crippen molar-refractivity contribution in [2.24, 2.45) is 0 Å². The van der Waals surface area contributed by atoms with Crippen LogP contribution in [0.25, 0.3) is 5.69 Å². The largest absolute Gasteiger partial charge is 0.457 e. The van der Waals surface area contributed by atoms with E-state index in [2.05, 4.69) is 26.0 Å². The van der Waals surface area contributed by atoms with E-state index in [1.807, 2.05) is 20.8 Å². The van der Waals surface area contributed by atoms with Crippen LogP contribution in [-0.4, -0.2) is 33.8 Å². The molecule has 0 unspecified atom stereocenters. The molecule has 0 aliphatic rings. The lowest BCUT2D eigenvalue weighted by atomic mass is 9.92. The van der Waals surface area contributed by atoms with Crippen LogP contribution in [0.4, 0.5) is 25.1 Å². The van der Waals surface area contributed by atoms with Gasteiger partial charge in [0.15, 0.2) is 0 Å². The Morgan fingerprint density at radius 3 is 2.21 bits per heavy atom. The van der Waals surface area contributed by atoms with E-state index < -0.39 is 17.7 Å². The van der Waals surface area contributed by atoms with Crippen LogP contribution in [0.2, 0.25) is 0 Å². The maximum absolute atomic E-state index is 13.9. The summed E-state index contributed by atoms with van der Waals surface area (Å²) >= 11 is 0. The Morgan fingerprint density at radius 2 is 1.58 bits per heavy atom. The molecule has 9 nitrogen and oxygen atoms in total. The smallest absolute Gasteiger partial charge is 0.324 e. The van der Waals surface area contributed by atoms with Gasteiger partial charge in [-0.05, 0) is 42.5 Å². The van der Waals surface area contributed by atoms with Gasteiger partial charge in [-0.25, -0.2) is 18.3 Å². The van der Waals surface area contributed by atoms with Crippen LogP contribution in [-0.2, 0) is 5.41 Å². The summed E-state index contributed by atoms with van der Waals surface area (Å²) in [4.78, 5) is 28.5. The van der Waals surface area contributed by atoms with Crippen molar-refractivity contribution in [2.45, 2.75) is 26.2 Å². The van der Waals surface area contributed by atoms with Gasteiger partial charge in [0.2, 0.25) is 0 Å². The normalized spacial score (nSPS) is 11.1. The number of benzene rings is 2. The second-order valence-electron chi connectivity index (χ2n) is 9.37. The fourth-order valence-electron chi connectivity index (χ4n) is 3.44. The quantitative estimate of drug-likeness (QED) is 0.305. The maximum Gasteiger partial charge on any atom is 0.324 e. The molecule has 0 atom stereocenters. The molecule has 0 saturated carbocycles. The molecule has 4 aromatic rings. The maximum atomic E-state index is 13.9. The first-order chi connectivity index (χ1) is 18.0. The lowest BCUT2D eigenvalue weighted by molar-refractivity contribution is 0.0957. The lowest BCUT2D eigenvalue weighted by Gasteiger charge is -2.14. The minimum Gasteiger partial charge on any atom is -0.457 e. The number of nitrogens with zero attached hydrogens (tertiary/aromatic N) is 3. The highest BCUT2D eigenvalue weighted by molar-refractivity contribution is 5.99. The molecular formula is C27H26F2N6O3. The van der Waals surface area contributed by atoms with Crippen molar-refractivity contribution in [3.8, 4) is 17.2 Å². The average Bonchev–Trinajstić information content (AvgIpc) is 3.28. The number of anilines is 2. The van der Waals surface area contributed by atoms with E-state index >= 15 is 0 Å². The molecule has 4 rings (SSSR count). The molecule has 0 fully saturated rings. The monoisotopic (exact) mass is 520 g/mol. The Morgan fingerprint density at radius 1 is 0.895 bits per heavy atom. The van der Waals surface area contributed by atoms with Gasteiger partial charge < -0.3 is 15.4 Å². The minimum absolute atomic E-state index is 0.130. The number of urea groups is 1. The molecule has 38 heavy (non-hydrogen) atoms. The van der Waals surface area contributed by atoms with Crippen LogP contribution in [0.1, 0.15) is 37.0 Å². The zero-order valence-electron chi connectivity index (χ0n) is 21.2. The van der Waals surface area contributed by atoms with E-state index in [-0.39, 0.29) is 28.5 Å². The van der Waals surface area contributed by atoms with Crippen LogP contribution >= 0.6 is 0 Å². The Labute approximate surface area is 217 Å². The number of carbonyl (C=O) groups is 2. The Kier molecular flexibility index (Phi) is 7.38. The minimum atomic E-state index is -0.762. The standard InChI is InChI=1S/C27H26F2N6O3/c1-27(2,3)23-15-24(35(34-23)19-12-16(28)11-17(29)13-19)33-26(37)32-18-5-7-20(8-6-18)38-21-9-10-31-22(14-21)25(36)30-4/h5-15H,1-4H3,(H,30,36)(H2,32,33,37). The fraction of sp³-hybridized carbons (Fsp3) is 0.185. The zero-order chi connectivity index (χ0) is 27.4. The summed E-state index contributed by atoms with van der Waals surface area (Å²) in [6.45, 7) is 5.81. The van der Waals surface area contributed by atoms with Gasteiger partial charge >= 0.3 is 6.03 Å². The molecule has 3 amide bonds. The van der Waals surface area contributed by atoms with Crippen LogP contribution < -0.4 is 20.7 Å². The first kappa shape index (κ1) is 26.3. The van der Waals surface area contributed by atoms with Crippen LogP contribution in [0.5, 0.6) is 11.5 Å². The van der Waals surface area contributed by atoms with Crippen molar-refractivity contribution in [2.75, 3.05) is 17.7 Å². The van der Waals surface area contributed by atoms with Crippen molar-refractivity contribution in [1.29, 1.82) is 0 Å². The van der Waals surface area contributed by atoms with Crippen molar-refractivity contribution in [1.82, 2.24) is 20.1 Å². The van der Waals surface area contributed by atoms with Gasteiger partial charge in [-0.3, -0.25) is 15.1 Å². The number of nitrogens with one attached hydrogen (secondary N) is 3. The predicted molar refractivity (Wildman–Crippen MR) is 139 cm³/mol. The third kappa shape index (κ3) is 6.30. The number of amides is 3. The van der Waals surface area contributed by atoms with Crippen LogP contribution in [0, 0.1) is 11.6 Å². The summed E-state index contributed by atoms with van der Waals surface area (Å²) < 4.78 is 34.8. The third-order valence-electron chi connectivity index (χ3n) is 5.35. The highest BCUT2D eigenvalue weighted by atomic mass is 19.1. The zero-order valence-corrected chi connectivity index (χ0v) is 21.2. The first-order valence-corrected chi connectivity index (χ1v) is 11.6. The topological polar surface area (TPSA) is 110 Å². The molecule has 0 aliphatic heterocycles. The van der Waals surface area contributed by atoms with Gasteiger partial charge in [-0.2, -0.15) is 5.10 Å². The van der Waals surface area contributed by atoms with Crippen molar-refractivity contribution in [3.63, 3.8) is 0 Å². The molecule has 0 spiro atoms. The van der Waals surface area contributed by atoms with Gasteiger partial charge in [-0.1, -0.05) is 20.8 Å². The van der Waals surface area contributed by atoms with Gasteiger partial charge in [0, 0.05) is 42.5 Å². The summed E-state index contributed by atoms with van der Waals surface area (Å²) in [7, 11) is 1.51. The van der Waals surface area contributed by atoms with E-state index in [4.69, 9.17) is 4.74 Å². The molecule has 11 heteroatoms. The van der Waals surface area contributed by atoms with Gasteiger partial charge in [-0.15, -0.1) is 0 Å². The molecule has 2 aromatic heterocycles. The number of rotatable bonds is 6. The third-order valence-corrected chi connectivity index (χ3v) is 5.35. The van der Waals surface area contributed by atoms with Crippen molar-refractivity contribution in [3.05, 3.63) is 89.9 Å². The predicted octanol–water partition coefficient (Wildman–Crippen LogP) is 5.64. The molecule has 0 bridgehead atoms. The number of carbonyl (C=O) groups excluding carboxylic acids is 2. The fourth-order valence-corrected chi connectivity index (χ4v) is 3.44. The molecule has 0 aliphatic carbocycles. The summed E-state index contributed by atoms with van der Waals surface area (Å²) in [6, 6.07) is 13.8. The van der Waals surface area contributed by atoms with Gasteiger partial charge in [0.05, 0.1) is 11.4 Å². The summed E-state index contributed by atoms with van der Waals surface area (Å²) in [5, 5.41) is 12.4. The molecule has 196 valence electrons. The Balaban J connectivity index is 1.48. The van der Waals surface area contributed by atoms with E-state index in [9.17, 15) is 18.4 Å². The van der Waals surface area contributed by atoms with E-state index in [1.54, 1.807) is 36.4 Å². The van der Waals surface area contributed by atoms with Crippen molar-refractivity contribution >= 4 is 23.4 Å². The SMILES string of the molecule is CNC(=O)c1cc(Oc2ccc(NC(=O)Nc3cc(C(C)(C)C)nn3-c3cc(F)cc(F)c3)cc2)ccn1. The molecule has 2 aromatic carbocycles. The summed E-state index contributed by atoms with van der Waals surface area (Å²) in [5.74, 6) is -0.717. The van der Waals surface area contributed by atoms with Crippen molar-refractivity contribution < 1.29 is 23.1 Å². The molecular weight excluding hydrogens is 494 g/mol. The number of ether oxygens (including phenoxy) is 1. The Bertz CT molecular complexity index is 1460. The van der Waals surface area contributed by atoms with Gasteiger partial charge in [0.1, 0.15) is 34.6 Å². The molecule has 0 radical (unpaired) electrons. The lowest BCUT2D eigenvalue weighted by Crippen LogP contribution is -2.21. The number of hydrogen-bond donors (Lipinski definition) is 3. The van der Waals surface area contributed by atoms with Crippen LogP contribution in [0.15, 0.2) is 66.9 Å². The summed E-state index contributed by atoms with van der Waals surface area (Å²) in [5.41, 5.74) is 1.06. The second-order valence-corrected chi connectivity index (χ2v) is 9.37.